The predicted molar refractivity (Wildman–Crippen MR) is 100.0 cm³/mol. The Labute approximate surface area is 159 Å². The monoisotopic (exact) mass is 392 g/mol. The summed E-state index contributed by atoms with van der Waals surface area (Å²) in [4.78, 5) is 18.6. The minimum absolute atomic E-state index is 0.0496. The average molecular weight is 392 g/mol. The molecule has 1 aliphatic rings. The highest BCUT2D eigenvalue weighted by Gasteiger charge is 2.33. The fraction of sp³-hybridized carbons (Fsp3) is 0.500. The van der Waals surface area contributed by atoms with E-state index in [1.54, 1.807) is 14.0 Å². The average Bonchev–Trinajstić information content (AvgIpc) is 3.16. The van der Waals surface area contributed by atoms with Crippen molar-refractivity contribution >= 4 is 15.9 Å². The molecule has 2 aromatic rings. The first-order valence-corrected chi connectivity index (χ1v) is 10.6. The topological polar surface area (TPSA) is 96.6 Å². The van der Waals surface area contributed by atoms with Crippen molar-refractivity contribution in [2.75, 3.05) is 25.9 Å². The van der Waals surface area contributed by atoms with Gasteiger partial charge in [-0.15, -0.1) is 0 Å². The van der Waals surface area contributed by atoms with Crippen molar-refractivity contribution in [3.63, 3.8) is 0 Å². The molecule has 2 heterocycles. The van der Waals surface area contributed by atoms with Crippen molar-refractivity contribution < 1.29 is 17.7 Å². The molecule has 27 heavy (non-hydrogen) atoms. The Morgan fingerprint density at radius 1 is 1.33 bits per heavy atom. The van der Waals surface area contributed by atoms with E-state index in [9.17, 15) is 13.2 Å². The summed E-state index contributed by atoms with van der Waals surface area (Å²) in [5, 5.41) is 3.96. The molecule has 1 amide bonds. The standard InChI is InChI=1S/C18H24N4O4S/c1-3-27(24,25)22-11-7-10-15(12-22)18(23)21(2)13-16-19-17(20-26-16)14-8-5-4-6-9-14/h4-6,8-9,15H,3,7,10-13H2,1-2H3/t15-/m0/s1. The van der Waals surface area contributed by atoms with E-state index in [1.165, 1.54) is 9.21 Å². The van der Waals surface area contributed by atoms with E-state index in [0.717, 1.165) is 5.56 Å². The van der Waals surface area contributed by atoms with Crippen LogP contribution in [0.25, 0.3) is 11.4 Å². The zero-order chi connectivity index (χ0) is 19.4. The van der Waals surface area contributed by atoms with Gasteiger partial charge in [0, 0.05) is 25.7 Å². The van der Waals surface area contributed by atoms with E-state index < -0.39 is 10.0 Å². The van der Waals surface area contributed by atoms with E-state index in [4.69, 9.17) is 4.52 Å². The number of carbonyl (C=O) groups excluding carboxylic acids is 1. The van der Waals surface area contributed by atoms with Gasteiger partial charge in [0.2, 0.25) is 27.6 Å². The van der Waals surface area contributed by atoms with Crippen LogP contribution in [0.2, 0.25) is 0 Å². The Balaban J connectivity index is 1.63. The molecule has 0 saturated carbocycles. The largest absolute Gasteiger partial charge is 0.337 e. The van der Waals surface area contributed by atoms with E-state index in [-0.39, 0.29) is 30.7 Å². The van der Waals surface area contributed by atoms with Gasteiger partial charge >= 0.3 is 0 Å². The Morgan fingerprint density at radius 3 is 2.78 bits per heavy atom. The lowest BCUT2D eigenvalue weighted by Gasteiger charge is -2.32. The van der Waals surface area contributed by atoms with Crippen molar-refractivity contribution in [1.82, 2.24) is 19.3 Å². The second-order valence-electron chi connectivity index (χ2n) is 6.67. The molecule has 0 radical (unpaired) electrons. The number of rotatable bonds is 6. The Morgan fingerprint density at radius 2 is 2.07 bits per heavy atom. The third kappa shape index (κ3) is 4.54. The fourth-order valence-corrected chi connectivity index (χ4v) is 4.37. The second kappa shape index (κ2) is 8.18. The van der Waals surface area contributed by atoms with Crippen molar-refractivity contribution in [2.24, 2.45) is 5.92 Å². The van der Waals surface area contributed by atoms with Crippen LogP contribution in [0, 0.1) is 5.92 Å². The van der Waals surface area contributed by atoms with Crippen LogP contribution in [0.1, 0.15) is 25.7 Å². The molecule has 9 heteroatoms. The zero-order valence-corrected chi connectivity index (χ0v) is 16.4. The van der Waals surface area contributed by atoms with Crippen molar-refractivity contribution in [2.45, 2.75) is 26.3 Å². The third-order valence-corrected chi connectivity index (χ3v) is 6.59. The van der Waals surface area contributed by atoms with Gasteiger partial charge in [0.05, 0.1) is 18.2 Å². The van der Waals surface area contributed by atoms with E-state index in [1.807, 2.05) is 30.3 Å². The highest BCUT2D eigenvalue weighted by atomic mass is 32.2. The Bertz CT molecular complexity index is 882. The number of aromatic nitrogens is 2. The fourth-order valence-electron chi connectivity index (χ4n) is 3.20. The first kappa shape index (κ1) is 19.5. The summed E-state index contributed by atoms with van der Waals surface area (Å²) in [5.41, 5.74) is 0.842. The molecular weight excluding hydrogens is 368 g/mol. The summed E-state index contributed by atoms with van der Waals surface area (Å²) in [6.07, 6.45) is 1.36. The molecule has 1 aromatic carbocycles. The smallest absolute Gasteiger partial charge is 0.246 e. The SMILES string of the molecule is CCS(=O)(=O)N1CCC[C@H](C(=O)N(C)Cc2nc(-c3ccccc3)no2)C1. The number of benzene rings is 1. The lowest BCUT2D eigenvalue weighted by atomic mass is 9.98. The number of sulfonamides is 1. The van der Waals surface area contributed by atoms with Crippen LogP contribution in [-0.4, -0.2) is 59.6 Å². The van der Waals surface area contributed by atoms with Gasteiger partial charge < -0.3 is 9.42 Å². The Kier molecular flexibility index (Phi) is 5.91. The first-order chi connectivity index (χ1) is 12.9. The van der Waals surface area contributed by atoms with E-state index >= 15 is 0 Å². The third-order valence-electron chi connectivity index (χ3n) is 4.74. The van der Waals surface area contributed by atoms with Gasteiger partial charge in [-0.3, -0.25) is 4.79 Å². The molecule has 0 bridgehead atoms. The van der Waals surface area contributed by atoms with Crippen molar-refractivity contribution in [3.8, 4) is 11.4 Å². The van der Waals surface area contributed by atoms with Gasteiger partial charge in [-0.05, 0) is 19.8 Å². The summed E-state index contributed by atoms with van der Waals surface area (Å²) in [5.74, 6) is 0.420. The molecule has 1 aromatic heterocycles. The summed E-state index contributed by atoms with van der Waals surface area (Å²) < 4.78 is 30.9. The highest BCUT2D eigenvalue weighted by molar-refractivity contribution is 7.89. The molecule has 0 spiro atoms. The number of piperidine rings is 1. The van der Waals surface area contributed by atoms with Crippen LogP contribution in [0.3, 0.4) is 0 Å². The van der Waals surface area contributed by atoms with Crippen molar-refractivity contribution in [1.29, 1.82) is 0 Å². The molecule has 8 nitrogen and oxygen atoms in total. The van der Waals surface area contributed by atoms with Crippen LogP contribution in [0.4, 0.5) is 0 Å². The van der Waals surface area contributed by atoms with Crippen molar-refractivity contribution in [3.05, 3.63) is 36.2 Å². The molecule has 1 fully saturated rings. The molecule has 0 aliphatic carbocycles. The maximum absolute atomic E-state index is 12.8. The quantitative estimate of drug-likeness (QED) is 0.743. The van der Waals surface area contributed by atoms with E-state index in [0.29, 0.717) is 31.1 Å². The predicted octanol–water partition coefficient (Wildman–Crippen LogP) is 1.76. The number of hydrogen-bond acceptors (Lipinski definition) is 6. The molecular formula is C18H24N4O4S. The summed E-state index contributed by atoms with van der Waals surface area (Å²) in [7, 11) is -1.61. The van der Waals surface area contributed by atoms with Crippen LogP contribution in [0.15, 0.2) is 34.9 Å². The van der Waals surface area contributed by atoms with Gasteiger partial charge in [-0.25, -0.2) is 12.7 Å². The molecule has 1 saturated heterocycles. The summed E-state index contributed by atoms with van der Waals surface area (Å²) in [6, 6.07) is 9.45. The zero-order valence-electron chi connectivity index (χ0n) is 15.5. The number of hydrogen-bond donors (Lipinski definition) is 0. The summed E-state index contributed by atoms with van der Waals surface area (Å²) in [6.45, 7) is 2.52. The number of nitrogens with zero attached hydrogens (tertiary/aromatic N) is 4. The first-order valence-electron chi connectivity index (χ1n) is 9.01. The van der Waals surface area contributed by atoms with E-state index in [2.05, 4.69) is 10.1 Å². The normalized spacial score (nSPS) is 18.4. The van der Waals surface area contributed by atoms with Gasteiger partial charge in [-0.2, -0.15) is 4.98 Å². The van der Waals surface area contributed by atoms with Crippen LogP contribution >= 0.6 is 0 Å². The van der Waals surface area contributed by atoms with Crippen LogP contribution in [0.5, 0.6) is 0 Å². The van der Waals surface area contributed by atoms with Gasteiger partial charge in [-0.1, -0.05) is 35.5 Å². The summed E-state index contributed by atoms with van der Waals surface area (Å²) >= 11 is 0. The number of amides is 1. The van der Waals surface area contributed by atoms with Crippen LogP contribution in [-0.2, 0) is 21.4 Å². The Hall–Kier alpha value is -2.26. The number of carbonyl (C=O) groups is 1. The highest BCUT2D eigenvalue weighted by Crippen LogP contribution is 2.22. The maximum atomic E-state index is 12.8. The molecule has 146 valence electrons. The molecule has 0 unspecified atom stereocenters. The minimum Gasteiger partial charge on any atom is -0.337 e. The maximum Gasteiger partial charge on any atom is 0.246 e. The minimum atomic E-state index is -3.28. The second-order valence-corrected chi connectivity index (χ2v) is 8.93. The molecule has 1 atom stereocenters. The lowest BCUT2D eigenvalue weighted by molar-refractivity contribution is -0.136. The molecule has 0 N–H and O–H groups in total. The molecule has 1 aliphatic heterocycles. The van der Waals surface area contributed by atoms with Gasteiger partial charge in [0.25, 0.3) is 0 Å². The molecule has 3 rings (SSSR count). The van der Waals surface area contributed by atoms with Gasteiger partial charge in [0.15, 0.2) is 0 Å². The van der Waals surface area contributed by atoms with Gasteiger partial charge in [0.1, 0.15) is 0 Å². The lowest BCUT2D eigenvalue weighted by Crippen LogP contribution is -2.46. The van der Waals surface area contributed by atoms with Crippen LogP contribution < -0.4 is 0 Å².